The molecule has 0 fully saturated rings. The van der Waals surface area contributed by atoms with Crippen LogP contribution in [0.4, 0.5) is 13.2 Å². The Bertz CT molecular complexity index is 366. The van der Waals surface area contributed by atoms with Gasteiger partial charge in [-0.15, -0.1) is 0 Å². The molecule has 0 saturated carbocycles. The maximum absolute atomic E-state index is 12.5. The van der Waals surface area contributed by atoms with Crippen molar-refractivity contribution in [2.45, 2.75) is 31.9 Å². The van der Waals surface area contributed by atoms with Gasteiger partial charge in [0.15, 0.2) is 0 Å². The van der Waals surface area contributed by atoms with Crippen molar-refractivity contribution >= 4 is 0 Å². The molecule has 19 heavy (non-hydrogen) atoms. The summed E-state index contributed by atoms with van der Waals surface area (Å²) in [4.78, 5) is 0. The monoisotopic (exact) mass is 275 g/mol. The lowest BCUT2D eigenvalue weighted by Gasteiger charge is -2.10. The van der Waals surface area contributed by atoms with E-state index in [-0.39, 0.29) is 5.75 Å². The molecule has 1 rings (SSSR count). The Morgan fingerprint density at radius 1 is 1.11 bits per heavy atom. The van der Waals surface area contributed by atoms with Crippen LogP contribution in [0.2, 0.25) is 0 Å². The van der Waals surface area contributed by atoms with E-state index in [0.717, 1.165) is 44.4 Å². The predicted octanol–water partition coefficient (Wildman–Crippen LogP) is 3.86. The largest absolute Gasteiger partial charge is 0.494 e. The number of ether oxygens (including phenoxy) is 1. The van der Waals surface area contributed by atoms with Crippen LogP contribution < -0.4 is 10.1 Å². The smallest absolute Gasteiger partial charge is 0.416 e. The summed E-state index contributed by atoms with van der Waals surface area (Å²) in [5.74, 6) is 0.282. The van der Waals surface area contributed by atoms with Gasteiger partial charge < -0.3 is 10.1 Å². The SMILES string of the molecule is CNCCCCCCOc1cccc(C(F)(F)F)c1. The van der Waals surface area contributed by atoms with E-state index in [2.05, 4.69) is 5.32 Å². The molecule has 1 N–H and O–H groups in total. The molecule has 0 radical (unpaired) electrons. The maximum Gasteiger partial charge on any atom is 0.416 e. The van der Waals surface area contributed by atoms with E-state index in [9.17, 15) is 13.2 Å². The van der Waals surface area contributed by atoms with Gasteiger partial charge in [0.05, 0.1) is 12.2 Å². The second-order valence-corrected chi connectivity index (χ2v) is 4.39. The number of unbranched alkanes of at least 4 members (excludes halogenated alkanes) is 3. The first kappa shape index (κ1) is 15.8. The van der Waals surface area contributed by atoms with Crippen molar-refractivity contribution < 1.29 is 17.9 Å². The summed E-state index contributed by atoms with van der Waals surface area (Å²) < 4.78 is 42.7. The van der Waals surface area contributed by atoms with Gasteiger partial charge in [-0.1, -0.05) is 18.9 Å². The number of halogens is 3. The first-order valence-corrected chi connectivity index (χ1v) is 6.48. The second-order valence-electron chi connectivity index (χ2n) is 4.39. The molecule has 0 amide bonds. The Morgan fingerprint density at radius 3 is 2.53 bits per heavy atom. The number of benzene rings is 1. The summed E-state index contributed by atoms with van der Waals surface area (Å²) >= 11 is 0. The molecule has 0 aromatic heterocycles. The van der Waals surface area contributed by atoms with Gasteiger partial charge in [-0.3, -0.25) is 0 Å². The zero-order valence-electron chi connectivity index (χ0n) is 11.1. The van der Waals surface area contributed by atoms with E-state index in [0.29, 0.717) is 6.61 Å². The Hall–Kier alpha value is -1.23. The fourth-order valence-electron chi connectivity index (χ4n) is 1.71. The molecule has 5 heteroatoms. The van der Waals surface area contributed by atoms with Crippen LogP contribution >= 0.6 is 0 Å². The van der Waals surface area contributed by atoms with Gasteiger partial charge in [0.1, 0.15) is 5.75 Å². The van der Waals surface area contributed by atoms with Crippen molar-refractivity contribution in [2.75, 3.05) is 20.2 Å². The standard InChI is InChI=1S/C14H20F3NO/c1-18-9-4-2-3-5-10-19-13-8-6-7-12(11-13)14(15,16)17/h6-8,11,18H,2-5,9-10H2,1H3. The van der Waals surface area contributed by atoms with Gasteiger partial charge in [0, 0.05) is 0 Å². The van der Waals surface area contributed by atoms with Crippen LogP contribution in [0.3, 0.4) is 0 Å². The van der Waals surface area contributed by atoms with Crippen LogP contribution in [0.25, 0.3) is 0 Å². The van der Waals surface area contributed by atoms with Gasteiger partial charge in [-0.2, -0.15) is 13.2 Å². The Balaban J connectivity index is 2.26. The lowest BCUT2D eigenvalue weighted by Crippen LogP contribution is -2.07. The van der Waals surface area contributed by atoms with E-state index in [4.69, 9.17) is 4.74 Å². The minimum absolute atomic E-state index is 0.282. The van der Waals surface area contributed by atoms with Crippen molar-refractivity contribution in [1.29, 1.82) is 0 Å². The normalized spacial score (nSPS) is 11.6. The molecule has 1 aromatic rings. The zero-order chi connectivity index (χ0) is 14.1. The molecule has 0 aliphatic heterocycles. The molecule has 1 aromatic carbocycles. The summed E-state index contributed by atoms with van der Waals surface area (Å²) in [5.41, 5.74) is -0.668. The maximum atomic E-state index is 12.5. The number of hydrogen-bond donors (Lipinski definition) is 1. The fourth-order valence-corrected chi connectivity index (χ4v) is 1.71. The summed E-state index contributed by atoms with van der Waals surface area (Å²) in [6.07, 6.45) is -0.208. The van der Waals surface area contributed by atoms with Crippen LogP contribution in [-0.2, 0) is 6.18 Å². The fraction of sp³-hybridized carbons (Fsp3) is 0.571. The van der Waals surface area contributed by atoms with Crippen molar-refractivity contribution in [2.24, 2.45) is 0 Å². The van der Waals surface area contributed by atoms with Crippen molar-refractivity contribution in [3.63, 3.8) is 0 Å². The first-order chi connectivity index (χ1) is 9.04. The average molecular weight is 275 g/mol. The van der Waals surface area contributed by atoms with Gasteiger partial charge >= 0.3 is 6.18 Å². The molecule has 0 saturated heterocycles. The lowest BCUT2D eigenvalue weighted by molar-refractivity contribution is -0.137. The molecular weight excluding hydrogens is 255 g/mol. The minimum Gasteiger partial charge on any atom is -0.494 e. The zero-order valence-corrected chi connectivity index (χ0v) is 11.1. The highest BCUT2D eigenvalue weighted by atomic mass is 19.4. The molecular formula is C14H20F3NO. The third-order valence-corrected chi connectivity index (χ3v) is 2.75. The highest BCUT2D eigenvalue weighted by Crippen LogP contribution is 2.31. The number of hydrogen-bond acceptors (Lipinski definition) is 2. The van der Waals surface area contributed by atoms with Gasteiger partial charge in [0.2, 0.25) is 0 Å². The van der Waals surface area contributed by atoms with E-state index in [1.807, 2.05) is 7.05 Å². The Kier molecular flexibility index (Phi) is 6.70. The van der Waals surface area contributed by atoms with E-state index in [1.54, 1.807) is 6.07 Å². The van der Waals surface area contributed by atoms with Crippen LogP contribution in [-0.4, -0.2) is 20.2 Å². The highest BCUT2D eigenvalue weighted by molar-refractivity contribution is 5.30. The van der Waals surface area contributed by atoms with Crippen molar-refractivity contribution in [3.05, 3.63) is 29.8 Å². The molecule has 0 atom stereocenters. The quantitative estimate of drug-likeness (QED) is 0.727. The van der Waals surface area contributed by atoms with Gasteiger partial charge in [0.25, 0.3) is 0 Å². The van der Waals surface area contributed by atoms with Crippen molar-refractivity contribution in [3.8, 4) is 5.75 Å². The molecule has 0 heterocycles. The first-order valence-electron chi connectivity index (χ1n) is 6.48. The highest BCUT2D eigenvalue weighted by Gasteiger charge is 2.30. The topological polar surface area (TPSA) is 21.3 Å². The predicted molar refractivity (Wildman–Crippen MR) is 69.3 cm³/mol. The molecule has 0 bridgehead atoms. The van der Waals surface area contributed by atoms with Crippen molar-refractivity contribution in [1.82, 2.24) is 5.32 Å². The molecule has 2 nitrogen and oxygen atoms in total. The molecule has 108 valence electrons. The summed E-state index contributed by atoms with van der Waals surface area (Å²) in [7, 11) is 1.91. The second kappa shape index (κ2) is 8.04. The summed E-state index contributed by atoms with van der Waals surface area (Å²) in [6, 6.07) is 5.01. The van der Waals surface area contributed by atoms with E-state index < -0.39 is 11.7 Å². The third kappa shape index (κ3) is 6.47. The Labute approximate surface area is 112 Å². The Morgan fingerprint density at radius 2 is 1.84 bits per heavy atom. The minimum atomic E-state index is -4.31. The molecule has 0 aliphatic carbocycles. The molecule has 0 aliphatic rings. The van der Waals surface area contributed by atoms with E-state index >= 15 is 0 Å². The van der Waals surface area contributed by atoms with Crippen LogP contribution in [0.5, 0.6) is 5.75 Å². The average Bonchev–Trinajstić information content (AvgIpc) is 2.37. The third-order valence-electron chi connectivity index (χ3n) is 2.75. The van der Waals surface area contributed by atoms with Gasteiger partial charge in [-0.05, 0) is 44.6 Å². The van der Waals surface area contributed by atoms with Crippen LogP contribution in [0.15, 0.2) is 24.3 Å². The van der Waals surface area contributed by atoms with Crippen LogP contribution in [0, 0.1) is 0 Å². The lowest BCUT2D eigenvalue weighted by atomic mass is 10.2. The van der Waals surface area contributed by atoms with E-state index in [1.165, 1.54) is 6.07 Å². The van der Waals surface area contributed by atoms with Crippen LogP contribution in [0.1, 0.15) is 31.2 Å². The molecule has 0 spiro atoms. The molecule has 0 unspecified atom stereocenters. The number of alkyl halides is 3. The van der Waals surface area contributed by atoms with Gasteiger partial charge in [-0.25, -0.2) is 0 Å². The summed E-state index contributed by atoms with van der Waals surface area (Å²) in [6.45, 7) is 1.45. The number of nitrogens with one attached hydrogen (secondary N) is 1. The summed E-state index contributed by atoms with van der Waals surface area (Å²) in [5, 5.41) is 3.07. The number of rotatable bonds is 8.